The summed E-state index contributed by atoms with van der Waals surface area (Å²) in [5.41, 5.74) is 5.52. The summed E-state index contributed by atoms with van der Waals surface area (Å²) in [6.45, 7) is 6.51. The number of hydrogen-bond donors (Lipinski definition) is 2. The van der Waals surface area contributed by atoms with Crippen molar-refractivity contribution in [2.45, 2.75) is 26.8 Å². The zero-order valence-electron chi connectivity index (χ0n) is 10.8. The molecule has 0 atom stereocenters. The first kappa shape index (κ1) is 14.5. The maximum atomic E-state index is 11.7. The Labute approximate surface area is 112 Å². The second-order valence-corrected chi connectivity index (χ2v) is 4.54. The fraction of sp³-hybridized carbons (Fsp3) is 0.545. The van der Waals surface area contributed by atoms with Gasteiger partial charge in [-0.25, -0.2) is 4.98 Å². The van der Waals surface area contributed by atoms with Crippen LogP contribution in [0.5, 0.6) is 0 Å². The van der Waals surface area contributed by atoms with E-state index in [-0.39, 0.29) is 24.4 Å². The van der Waals surface area contributed by atoms with Gasteiger partial charge in [0.2, 0.25) is 11.9 Å². The van der Waals surface area contributed by atoms with Gasteiger partial charge in [-0.3, -0.25) is 4.79 Å². The van der Waals surface area contributed by atoms with E-state index < -0.39 is 0 Å². The van der Waals surface area contributed by atoms with Crippen molar-refractivity contribution in [3.63, 3.8) is 0 Å². The van der Waals surface area contributed by atoms with Crippen molar-refractivity contribution < 1.29 is 4.79 Å². The van der Waals surface area contributed by atoms with Crippen LogP contribution in [0.3, 0.4) is 0 Å². The minimum Gasteiger partial charge on any atom is -0.368 e. The summed E-state index contributed by atoms with van der Waals surface area (Å²) < 4.78 is 0. The molecule has 0 saturated carbocycles. The molecular weight excluding hydrogens is 254 g/mol. The monoisotopic (exact) mass is 271 g/mol. The Balaban J connectivity index is 2.83. The molecule has 0 radical (unpaired) electrons. The largest absolute Gasteiger partial charge is 0.368 e. The number of rotatable bonds is 5. The molecule has 1 aromatic rings. The molecule has 0 unspecified atom stereocenters. The number of amides is 1. The lowest BCUT2D eigenvalue weighted by Crippen LogP contribution is -2.40. The number of carbonyl (C=O) groups excluding carboxylic acids is 1. The molecule has 18 heavy (non-hydrogen) atoms. The van der Waals surface area contributed by atoms with Crippen molar-refractivity contribution >= 4 is 29.3 Å². The van der Waals surface area contributed by atoms with Gasteiger partial charge < -0.3 is 16.0 Å². The Hall–Kier alpha value is -1.56. The van der Waals surface area contributed by atoms with E-state index in [0.29, 0.717) is 17.4 Å². The van der Waals surface area contributed by atoms with Gasteiger partial charge in [-0.15, -0.1) is 0 Å². The second kappa shape index (κ2) is 6.39. The molecule has 1 rings (SSSR count). The number of nitrogens with zero attached hydrogens (tertiary/aromatic N) is 3. The van der Waals surface area contributed by atoms with E-state index in [1.54, 1.807) is 4.90 Å². The fourth-order valence-corrected chi connectivity index (χ4v) is 1.68. The molecule has 0 aromatic carbocycles. The Kier molecular flexibility index (Phi) is 5.15. The highest BCUT2D eigenvalue weighted by atomic mass is 35.5. The number of anilines is 2. The van der Waals surface area contributed by atoms with Gasteiger partial charge in [0.05, 0.1) is 12.7 Å². The highest BCUT2D eigenvalue weighted by molar-refractivity contribution is 6.32. The van der Waals surface area contributed by atoms with Gasteiger partial charge in [-0.2, -0.15) is 4.98 Å². The molecule has 100 valence electrons. The Morgan fingerprint density at radius 2 is 2.28 bits per heavy atom. The first-order valence-corrected chi connectivity index (χ1v) is 6.14. The SMILES string of the molecule is CCN(CC(=O)NC(C)C)c1nc(N)ncc1Cl. The number of nitrogen functional groups attached to an aromatic ring is 1. The molecule has 7 heteroatoms. The van der Waals surface area contributed by atoms with E-state index in [1.165, 1.54) is 6.20 Å². The smallest absolute Gasteiger partial charge is 0.239 e. The van der Waals surface area contributed by atoms with Crippen LogP contribution in [-0.2, 0) is 4.79 Å². The van der Waals surface area contributed by atoms with Crippen molar-refractivity contribution in [3.8, 4) is 0 Å². The average Bonchev–Trinajstić information content (AvgIpc) is 2.28. The fourth-order valence-electron chi connectivity index (χ4n) is 1.47. The number of nitrogens with two attached hydrogens (primary N) is 1. The van der Waals surface area contributed by atoms with Crippen LogP contribution in [0.2, 0.25) is 5.02 Å². The second-order valence-electron chi connectivity index (χ2n) is 4.14. The summed E-state index contributed by atoms with van der Waals surface area (Å²) in [6, 6.07) is 0.0992. The van der Waals surface area contributed by atoms with Crippen LogP contribution >= 0.6 is 11.6 Å². The maximum Gasteiger partial charge on any atom is 0.239 e. The van der Waals surface area contributed by atoms with E-state index in [2.05, 4.69) is 15.3 Å². The van der Waals surface area contributed by atoms with Crippen molar-refractivity contribution in [2.75, 3.05) is 23.7 Å². The quantitative estimate of drug-likeness (QED) is 0.837. The number of aromatic nitrogens is 2. The van der Waals surface area contributed by atoms with Crippen LogP contribution in [0, 0.1) is 0 Å². The highest BCUT2D eigenvalue weighted by Gasteiger charge is 2.15. The Morgan fingerprint density at radius 3 is 2.83 bits per heavy atom. The van der Waals surface area contributed by atoms with Crippen molar-refractivity contribution in [1.82, 2.24) is 15.3 Å². The molecule has 1 amide bonds. The Morgan fingerprint density at radius 1 is 1.61 bits per heavy atom. The molecular formula is C11H18ClN5O. The van der Waals surface area contributed by atoms with E-state index in [0.717, 1.165) is 0 Å². The highest BCUT2D eigenvalue weighted by Crippen LogP contribution is 2.22. The van der Waals surface area contributed by atoms with E-state index in [9.17, 15) is 4.79 Å². The van der Waals surface area contributed by atoms with Gasteiger partial charge >= 0.3 is 0 Å². The van der Waals surface area contributed by atoms with Crippen LogP contribution in [0.1, 0.15) is 20.8 Å². The van der Waals surface area contributed by atoms with Gasteiger partial charge in [0.1, 0.15) is 5.02 Å². The molecule has 0 aliphatic heterocycles. The topological polar surface area (TPSA) is 84.1 Å². The molecule has 0 bridgehead atoms. The van der Waals surface area contributed by atoms with E-state index in [4.69, 9.17) is 17.3 Å². The van der Waals surface area contributed by atoms with Gasteiger partial charge in [-0.1, -0.05) is 11.6 Å². The summed E-state index contributed by atoms with van der Waals surface area (Å²) in [5.74, 6) is 0.530. The van der Waals surface area contributed by atoms with Gasteiger partial charge in [-0.05, 0) is 20.8 Å². The zero-order chi connectivity index (χ0) is 13.7. The number of carbonyl (C=O) groups is 1. The molecule has 6 nitrogen and oxygen atoms in total. The van der Waals surface area contributed by atoms with Crippen LogP contribution in [-0.4, -0.2) is 35.0 Å². The van der Waals surface area contributed by atoms with Gasteiger partial charge in [0.15, 0.2) is 5.82 Å². The van der Waals surface area contributed by atoms with Crippen LogP contribution < -0.4 is 16.0 Å². The third-order valence-corrected chi connectivity index (χ3v) is 2.48. The molecule has 0 aliphatic rings. The summed E-state index contributed by atoms with van der Waals surface area (Å²) in [6.07, 6.45) is 1.43. The van der Waals surface area contributed by atoms with Crippen molar-refractivity contribution in [2.24, 2.45) is 0 Å². The molecule has 0 spiro atoms. The number of halogens is 1. The third-order valence-electron chi connectivity index (χ3n) is 2.21. The first-order chi connectivity index (χ1) is 8.43. The van der Waals surface area contributed by atoms with Crippen LogP contribution in [0.4, 0.5) is 11.8 Å². The number of hydrogen-bond acceptors (Lipinski definition) is 5. The summed E-state index contributed by atoms with van der Waals surface area (Å²) in [7, 11) is 0. The summed E-state index contributed by atoms with van der Waals surface area (Å²) in [4.78, 5) is 21.3. The van der Waals surface area contributed by atoms with Crippen molar-refractivity contribution in [3.05, 3.63) is 11.2 Å². The number of likely N-dealkylation sites (N-methyl/N-ethyl adjacent to an activating group) is 1. The van der Waals surface area contributed by atoms with Crippen molar-refractivity contribution in [1.29, 1.82) is 0 Å². The maximum absolute atomic E-state index is 11.7. The molecule has 0 fully saturated rings. The molecule has 3 N–H and O–H groups in total. The predicted molar refractivity (Wildman–Crippen MR) is 72.6 cm³/mol. The van der Waals surface area contributed by atoms with Gasteiger partial charge in [0.25, 0.3) is 0 Å². The molecule has 0 aliphatic carbocycles. The normalized spacial score (nSPS) is 10.5. The molecule has 1 aromatic heterocycles. The predicted octanol–water partition coefficient (Wildman–Crippen LogP) is 1.06. The molecule has 0 saturated heterocycles. The lowest BCUT2D eigenvalue weighted by molar-refractivity contribution is -0.120. The average molecular weight is 272 g/mol. The lowest BCUT2D eigenvalue weighted by Gasteiger charge is -2.22. The lowest BCUT2D eigenvalue weighted by atomic mass is 10.3. The summed E-state index contributed by atoms with van der Waals surface area (Å²) >= 11 is 6.00. The standard InChI is InChI=1S/C11H18ClN5O/c1-4-17(6-9(18)15-7(2)3)10-8(12)5-14-11(13)16-10/h5,7H,4,6H2,1-3H3,(H,15,18)(H2,13,14,16). The van der Waals surface area contributed by atoms with E-state index in [1.807, 2.05) is 20.8 Å². The minimum absolute atomic E-state index is 0.0832. The Bertz CT molecular complexity index is 424. The number of nitrogens with one attached hydrogen (secondary N) is 1. The third kappa shape index (κ3) is 4.03. The molecule has 1 heterocycles. The van der Waals surface area contributed by atoms with E-state index >= 15 is 0 Å². The van der Waals surface area contributed by atoms with Crippen LogP contribution in [0.15, 0.2) is 6.20 Å². The summed E-state index contributed by atoms with van der Waals surface area (Å²) in [5, 5.41) is 3.19. The zero-order valence-corrected chi connectivity index (χ0v) is 11.5. The van der Waals surface area contributed by atoms with Crippen LogP contribution in [0.25, 0.3) is 0 Å². The first-order valence-electron chi connectivity index (χ1n) is 5.76. The van der Waals surface area contributed by atoms with Gasteiger partial charge in [0, 0.05) is 12.6 Å². The minimum atomic E-state index is -0.0832.